The predicted octanol–water partition coefficient (Wildman–Crippen LogP) is 0.0172. The minimum atomic E-state index is -0.923. The summed E-state index contributed by atoms with van der Waals surface area (Å²) in [7, 11) is 0. The fourth-order valence-electron chi connectivity index (χ4n) is 2.24. The lowest BCUT2D eigenvalue weighted by Gasteiger charge is -2.22. The maximum Gasteiger partial charge on any atom is 0.321 e. The third kappa shape index (κ3) is 4.51. The minimum absolute atomic E-state index is 0.0132. The number of carbonyl (C=O) groups is 3. The lowest BCUT2D eigenvalue weighted by molar-refractivity contribution is -0.143. The number of rotatable bonds is 5. The van der Waals surface area contributed by atoms with E-state index < -0.39 is 23.9 Å². The molecule has 0 aromatic carbocycles. The molecule has 1 aliphatic heterocycles. The van der Waals surface area contributed by atoms with Gasteiger partial charge in [-0.1, -0.05) is 13.8 Å². The molecule has 1 rings (SSSR count). The summed E-state index contributed by atoms with van der Waals surface area (Å²) in [5.74, 6) is -1.39. The zero-order chi connectivity index (χ0) is 14.4. The smallest absolute Gasteiger partial charge is 0.321 e. The first-order valence-electron chi connectivity index (χ1n) is 6.50. The van der Waals surface area contributed by atoms with Gasteiger partial charge in [-0.2, -0.15) is 0 Å². The van der Waals surface area contributed by atoms with Crippen LogP contribution in [0, 0.1) is 5.92 Å². The van der Waals surface area contributed by atoms with Gasteiger partial charge in [0.05, 0.1) is 6.54 Å². The second kappa shape index (κ2) is 7.08. The summed E-state index contributed by atoms with van der Waals surface area (Å²) in [5.41, 5.74) is 0. The molecule has 0 radical (unpaired) electrons. The highest BCUT2D eigenvalue weighted by atomic mass is 16.4. The fourth-order valence-corrected chi connectivity index (χ4v) is 2.24. The van der Waals surface area contributed by atoms with Gasteiger partial charge in [0.25, 0.3) is 0 Å². The maximum absolute atomic E-state index is 11.6. The Kier molecular flexibility index (Phi) is 5.75. The highest BCUT2D eigenvalue weighted by molar-refractivity contribution is 5.95. The van der Waals surface area contributed by atoms with Crippen molar-refractivity contribution in [3.8, 4) is 0 Å². The topological polar surface area (TPSA) is 98.7 Å². The second-order valence-corrected chi connectivity index (χ2v) is 4.82. The highest BCUT2D eigenvalue weighted by Crippen LogP contribution is 2.23. The molecule has 1 aliphatic rings. The number of hydrogen-bond donors (Lipinski definition) is 3. The number of nitrogens with one attached hydrogen (secondary N) is 2. The Morgan fingerprint density at radius 1 is 1.37 bits per heavy atom. The molecule has 0 aromatic heterocycles. The molecule has 3 amide bonds. The van der Waals surface area contributed by atoms with E-state index in [4.69, 9.17) is 5.11 Å². The van der Waals surface area contributed by atoms with Crippen LogP contribution in [0.2, 0.25) is 0 Å². The summed E-state index contributed by atoms with van der Waals surface area (Å²) in [6.07, 6.45) is 1.53. The number of carbonyl (C=O) groups excluding carboxylic acids is 2. The summed E-state index contributed by atoms with van der Waals surface area (Å²) in [5, 5.41) is 13.8. The zero-order valence-corrected chi connectivity index (χ0v) is 11.3. The van der Waals surface area contributed by atoms with E-state index in [1.54, 1.807) is 4.90 Å². The first kappa shape index (κ1) is 15.4. The first-order chi connectivity index (χ1) is 8.95. The van der Waals surface area contributed by atoms with Crippen LogP contribution in [0.3, 0.4) is 0 Å². The Bertz CT molecular complexity index is 359. The Balaban J connectivity index is 2.43. The molecule has 0 aromatic rings. The SMILES string of the molecule is CCCNC(=O)NC(=O)CN1CCC(C)C1C(=O)O. The molecule has 3 N–H and O–H groups in total. The molecule has 7 nitrogen and oxygen atoms in total. The summed E-state index contributed by atoms with van der Waals surface area (Å²) >= 11 is 0. The lowest BCUT2D eigenvalue weighted by atomic mass is 10.0. The number of hydrogen-bond acceptors (Lipinski definition) is 4. The van der Waals surface area contributed by atoms with Crippen LogP contribution in [0.5, 0.6) is 0 Å². The average molecular weight is 271 g/mol. The van der Waals surface area contributed by atoms with Crippen molar-refractivity contribution in [1.29, 1.82) is 0 Å². The van der Waals surface area contributed by atoms with Crippen molar-refractivity contribution in [3.63, 3.8) is 0 Å². The molecule has 108 valence electrons. The molecule has 0 aliphatic carbocycles. The lowest BCUT2D eigenvalue weighted by Crippen LogP contribution is -2.48. The number of urea groups is 1. The third-order valence-corrected chi connectivity index (χ3v) is 3.19. The molecular weight excluding hydrogens is 250 g/mol. The predicted molar refractivity (Wildman–Crippen MR) is 68.6 cm³/mol. The maximum atomic E-state index is 11.6. The van der Waals surface area contributed by atoms with Crippen LogP contribution in [0.4, 0.5) is 4.79 Å². The first-order valence-corrected chi connectivity index (χ1v) is 6.50. The monoisotopic (exact) mass is 271 g/mol. The van der Waals surface area contributed by atoms with Crippen LogP contribution in [-0.4, -0.2) is 53.6 Å². The van der Waals surface area contributed by atoms with Crippen LogP contribution < -0.4 is 10.6 Å². The van der Waals surface area contributed by atoms with Crippen molar-refractivity contribution in [2.75, 3.05) is 19.6 Å². The summed E-state index contributed by atoms with van der Waals surface area (Å²) in [4.78, 5) is 35.6. The summed E-state index contributed by atoms with van der Waals surface area (Å²) < 4.78 is 0. The van der Waals surface area contributed by atoms with Gasteiger partial charge in [0.15, 0.2) is 0 Å². The second-order valence-electron chi connectivity index (χ2n) is 4.82. The zero-order valence-electron chi connectivity index (χ0n) is 11.3. The molecule has 2 unspecified atom stereocenters. The van der Waals surface area contributed by atoms with Gasteiger partial charge in [0, 0.05) is 6.54 Å². The van der Waals surface area contributed by atoms with E-state index in [-0.39, 0.29) is 12.5 Å². The van der Waals surface area contributed by atoms with Crippen LogP contribution in [0.15, 0.2) is 0 Å². The van der Waals surface area contributed by atoms with Gasteiger partial charge in [-0.05, 0) is 25.3 Å². The standard InChI is InChI=1S/C12H21N3O4/c1-3-5-13-12(19)14-9(16)7-15-6-4-8(2)10(15)11(17)18/h8,10H,3-7H2,1-2H3,(H,17,18)(H2,13,14,16,19). The normalized spacial score (nSPS) is 23.1. The molecule has 0 saturated carbocycles. The van der Waals surface area contributed by atoms with E-state index in [1.807, 2.05) is 13.8 Å². The van der Waals surface area contributed by atoms with E-state index in [0.29, 0.717) is 13.1 Å². The van der Waals surface area contributed by atoms with Gasteiger partial charge < -0.3 is 10.4 Å². The van der Waals surface area contributed by atoms with Gasteiger partial charge >= 0.3 is 12.0 Å². The quantitative estimate of drug-likeness (QED) is 0.654. The molecule has 1 saturated heterocycles. The Morgan fingerprint density at radius 2 is 2.05 bits per heavy atom. The van der Waals surface area contributed by atoms with E-state index in [9.17, 15) is 14.4 Å². The molecule has 1 heterocycles. The van der Waals surface area contributed by atoms with Gasteiger partial charge in [-0.25, -0.2) is 4.79 Å². The third-order valence-electron chi connectivity index (χ3n) is 3.19. The van der Waals surface area contributed by atoms with Crippen molar-refractivity contribution >= 4 is 17.9 Å². The van der Waals surface area contributed by atoms with Crippen molar-refractivity contribution < 1.29 is 19.5 Å². The number of carboxylic acid groups (broad SMARTS) is 1. The Labute approximate surface area is 112 Å². The summed E-state index contributed by atoms with van der Waals surface area (Å²) in [6.45, 7) is 4.75. The van der Waals surface area contributed by atoms with Crippen molar-refractivity contribution in [2.45, 2.75) is 32.7 Å². The molecule has 0 bridgehead atoms. The Hall–Kier alpha value is -1.63. The summed E-state index contributed by atoms with van der Waals surface area (Å²) in [6, 6.07) is -1.18. The molecular formula is C12H21N3O4. The van der Waals surface area contributed by atoms with E-state index >= 15 is 0 Å². The van der Waals surface area contributed by atoms with Gasteiger partial charge in [0.2, 0.25) is 5.91 Å². The molecule has 2 atom stereocenters. The van der Waals surface area contributed by atoms with Crippen LogP contribution in [-0.2, 0) is 9.59 Å². The van der Waals surface area contributed by atoms with Crippen LogP contribution in [0.1, 0.15) is 26.7 Å². The van der Waals surface area contributed by atoms with Crippen molar-refractivity contribution in [1.82, 2.24) is 15.5 Å². The number of amides is 3. The van der Waals surface area contributed by atoms with Gasteiger partial charge in [0.1, 0.15) is 6.04 Å². The highest BCUT2D eigenvalue weighted by Gasteiger charge is 2.37. The number of aliphatic carboxylic acids is 1. The molecule has 0 spiro atoms. The van der Waals surface area contributed by atoms with E-state index in [1.165, 1.54) is 0 Å². The largest absolute Gasteiger partial charge is 0.480 e. The molecule has 1 fully saturated rings. The van der Waals surface area contributed by atoms with E-state index in [2.05, 4.69) is 10.6 Å². The van der Waals surface area contributed by atoms with Gasteiger partial charge in [-0.15, -0.1) is 0 Å². The van der Waals surface area contributed by atoms with Crippen molar-refractivity contribution in [2.24, 2.45) is 5.92 Å². The number of imide groups is 1. The fraction of sp³-hybridized carbons (Fsp3) is 0.750. The molecule has 19 heavy (non-hydrogen) atoms. The number of carboxylic acids is 1. The molecule has 7 heteroatoms. The van der Waals surface area contributed by atoms with Crippen molar-refractivity contribution in [3.05, 3.63) is 0 Å². The van der Waals surface area contributed by atoms with E-state index in [0.717, 1.165) is 12.8 Å². The number of nitrogens with zero attached hydrogens (tertiary/aromatic N) is 1. The van der Waals surface area contributed by atoms with Crippen LogP contribution in [0.25, 0.3) is 0 Å². The Morgan fingerprint density at radius 3 is 2.63 bits per heavy atom. The van der Waals surface area contributed by atoms with Gasteiger partial charge in [-0.3, -0.25) is 19.8 Å². The average Bonchev–Trinajstić information content (AvgIpc) is 2.67. The van der Waals surface area contributed by atoms with Crippen LogP contribution >= 0.6 is 0 Å². The number of likely N-dealkylation sites (tertiary alicyclic amines) is 1. The minimum Gasteiger partial charge on any atom is -0.480 e.